The third kappa shape index (κ3) is 2.86. The van der Waals surface area contributed by atoms with Crippen molar-refractivity contribution >= 4 is 16.9 Å². The van der Waals surface area contributed by atoms with Crippen LogP contribution in [-0.2, 0) is 17.8 Å². The van der Waals surface area contributed by atoms with Gasteiger partial charge in [0, 0.05) is 6.42 Å². The van der Waals surface area contributed by atoms with E-state index in [4.69, 9.17) is 5.11 Å². The van der Waals surface area contributed by atoms with E-state index in [0.717, 1.165) is 0 Å². The summed E-state index contributed by atoms with van der Waals surface area (Å²) in [6.07, 6.45) is 0.144. The number of hydrogen-bond donors (Lipinski definition) is 1. The van der Waals surface area contributed by atoms with E-state index in [1.54, 1.807) is 31.2 Å². The first-order chi connectivity index (χ1) is 9.63. The summed E-state index contributed by atoms with van der Waals surface area (Å²) >= 11 is 0. The number of carboxylic acid groups (broad SMARTS) is 1. The molecule has 0 atom stereocenters. The van der Waals surface area contributed by atoms with E-state index >= 15 is 0 Å². The van der Waals surface area contributed by atoms with Gasteiger partial charge < -0.3 is 5.11 Å². The van der Waals surface area contributed by atoms with Crippen LogP contribution in [0.3, 0.4) is 0 Å². The maximum Gasteiger partial charge on any atom is 0.303 e. The Bertz CT molecular complexity index is 766. The predicted octanol–water partition coefficient (Wildman–Crippen LogP) is 1.44. The molecule has 1 aromatic carbocycles. The maximum atomic E-state index is 12.4. The zero-order chi connectivity index (χ0) is 14.5. The minimum Gasteiger partial charge on any atom is -0.481 e. The van der Waals surface area contributed by atoms with Gasteiger partial charge in [0.15, 0.2) is 0 Å². The van der Waals surface area contributed by atoms with Crippen LogP contribution in [0.2, 0.25) is 0 Å². The fourth-order valence-electron chi connectivity index (χ4n) is 1.94. The number of aliphatic carboxylic acids is 1. The van der Waals surface area contributed by atoms with Gasteiger partial charge >= 0.3 is 5.97 Å². The number of hydrogen-bond acceptors (Lipinski definition) is 3. The number of aromatic nitrogens is 2. The number of para-hydroxylation sites is 1. The highest BCUT2D eigenvalue weighted by atomic mass is 16.4. The lowest BCUT2D eigenvalue weighted by Crippen LogP contribution is -2.25. The van der Waals surface area contributed by atoms with Gasteiger partial charge in [-0.3, -0.25) is 14.2 Å². The molecule has 0 fully saturated rings. The van der Waals surface area contributed by atoms with Crippen molar-refractivity contribution in [3.05, 3.63) is 40.4 Å². The number of nitrogens with zero attached hydrogens (tertiary/aromatic N) is 2. The Hall–Kier alpha value is -2.61. The summed E-state index contributed by atoms with van der Waals surface area (Å²) in [4.78, 5) is 27.5. The normalized spacial score (nSPS) is 10.1. The molecule has 2 rings (SSSR count). The van der Waals surface area contributed by atoms with Gasteiger partial charge in [0.25, 0.3) is 5.56 Å². The van der Waals surface area contributed by atoms with E-state index in [-0.39, 0.29) is 24.9 Å². The Labute approximate surface area is 115 Å². The summed E-state index contributed by atoms with van der Waals surface area (Å²) in [5.74, 6) is 5.09. The molecule has 0 aliphatic carbocycles. The first-order valence-corrected chi connectivity index (χ1v) is 6.23. The molecule has 0 amide bonds. The van der Waals surface area contributed by atoms with Gasteiger partial charge in [0.2, 0.25) is 0 Å². The average Bonchev–Trinajstić information content (AvgIpc) is 2.44. The number of benzene rings is 1. The second kappa shape index (κ2) is 6.02. The van der Waals surface area contributed by atoms with Crippen molar-refractivity contribution in [1.29, 1.82) is 0 Å². The Morgan fingerprint density at radius 2 is 2.15 bits per heavy atom. The Morgan fingerprint density at radius 1 is 1.40 bits per heavy atom. The lowest BCUT2D eigenvalue weighted by Gasteiger charge is -2.10. The molecule has 102 valence electrons. The minimum absolute atomic E-state index is 0.0651. The fourth-order valence-corrected chi connectivity index (χ4v) is 1.94. The Kier molecular flexibility index (Phi) is 4.16. The minimum atomic E-state index is -0.916. The van der Waals surface area contributed by atoms with Gasteiger partial charge in [-0.05, 0) is 19.1 Å². The predicted molar refractivity (Wildman–Crippen MR) is 75.4 cm³/mol. The lowest BCUT2D eigenvalue weighted by atomic mass is 10.2. The molecular formula is C15H14N2O3. The molecule has 0 bridgehead atoms. The SMILES string of the molecule is CC#CCn1c(CCC(=O)O)nc2ccccc2c1=O. The molecule has 0 saturated carbocycles. The first-order valence-electron chi connectivity index (χ1n) is 6.23. The third-order valence-electron chi connectivity index (χ3n) is 2.92. The molecule has 0 aliphatic rings. The van der Waals surface area contributed by atoms with Crippen LogP contribution < -0.4 is 5.56 Å². The van der Waals surface area contributed by atoms with Gasteiger partial charge in [-0.25, -0.2) is 4.98 Å². The van der Waals surface area contributed by atoms with Crippen molar-refractivity contribution < 1.29 is 9.90 Å². The zero-order valence-electron chi connectivity index (χ0n) is 11.1. The van der Waals surface area contributed by atoms with Crippen LogP contribution >= 0.6 is 0 Å². The molecule has 0 radical (unpaired) electrons. The van der Waals surface area contributed by atoms with Crippen molar-refractivity contribution in [3.8, 4) is 11.8 Å². The molecule has 2 aromatic rings. The Morgan fingerprint density at radius 3 is 2.85 bits per heavy atom. The summed E-state index contributed by atoms with van der Waals surface area (Å²) in [6.45, 7) is 1.92. The molecule has 20 heavy (non-hydrogen) atoms. The van der Waals surface area contributed by atoms with Crippen molar-refractivity contribution in [2.75, 3.05) is 0 Å². The van der Waals surface area contributed by atoms with E-state index in [9.17, 15) is 9.59 Å². The van der Waals surface area contributed by atoms with Gasteiger partial charge in [-0.15, -0.1) is 5.92 Å². The zero-order valence-corrected chi connectivity index (χ0v) is 11.1. The topological polar surface area (TPSA) is 72.2 Å². The van der Waals surface area contributed by atoms with Crippen molar-refractivity contribution in [3.63, 3.8) is 0 Å². The van der Waals surface area contributed by atoms with E-state index in [1.165, 1.54) is 4.57 Å². The summed E-state index contributed by atoms with van der Waals surface area (Å²) < 4.78 is 1.45. The van der Waals surface area contributed by atoms with Gasteiger partial charge in [-0.2, -0.15) is 0 Å². The lowest BCUT2D eigenvalue weighted by molar-refractivity contribution is -0.137. The molecule has 1 aromatic heterocycles. The number of rotatable bonds is 4. The van der Waals surface area contributed by atoms with Crippen LogP contribution in [0, 0.1) is 11.8 Å². The van der Waals surface area contributed by atoms with Gasteiger partial charge in [0.1, 0.15) is 5.82 Å². The number of aryl methyl sites for hydroxylation is 1. The number of fused-ring (bicyclic) bond motifs is 1. The van der Waals surface area contributed by atoms with Crippen LogP contribution in [0.1, 0.15) is 19.2 Å². The van der Waals surface area contributed by atoms with Crippen LogP contribution in [0.25, 0.3) is 10.9 Å². The monoisotopic (exact) mass is 270 g/mol. The largest absolute Gasteiger partial charge is 0.481 e. The van der Waals surface area contributed by atoms with Crippen molar-refractivity contribution in [2.24, 2.45) is 0 Å². The standard InChI is InChI=1S/C15H14N2O3/c1-2-3-10-17-13(8-9-14(18)19)16-12-7-5-4-6-11(12)15(17)20/h4-7H,8-10H2,1H3,(H,18,19). The molecule has 0 saturated heterocycles. The molecular weight excluding hydrogens is 256 g/mol. The molecule has 0 spiro atoms. The van der Waals surface area contributed by atoms with E-state index in [0.29, 0.717) is 16.7 Å². The Balaban J connectivity index is 2.58. The number of carboxylic acids is 1. The summed E-state index contributed by atoms with van der Waals surface area (Å²) in [5.41, 5.74) is 0.400. The highest BCUT2D eigenvalue weighted by Crippen LogP contribution is 2.09. The molecule has 5 heteroatoms. The van der Waals surface area contributed by atoms with Crippen LogP contribution in [0.5, 0.6) is 0 Å². The van der Waals surface area contributed by atoms with E-state index in [2.05, 4.69) is 16.8 Å². The van der Waals surface area contributed by atoms with Crippen molar-refractivity contribution in [1.82, 2.24) is 9.55 Å². The summed E-state index contributed by atoms with van der Waals surface area (Å²) in [6, 6.07) is 7.03. The smallest absolute Gasteiger partial charge is 0.303 e. The van der Waals surface area contributed by atoms with Crippen LogP contribution in [0.15, 0.2) is 29.1 Å². The molecule has 1 N–H and O–H groups in total. The fraction of sp³-hybridized carbons (Fsp3) is 0.267. The molecule has 0 unspecified atom stereocenters. The van der Waals surface area contributed by atoms with Gasteiger partial charge in [0.05, 0.1) is 23.9 Å². The van der Waals surface area contributed by atoms with Crippen LogP contribution in [0.4, 0.5) is 0 Å². The highest BCUT2D eigenvalue weighted by molar-refractivity contribution is 5.77. The van der Waals surface area contributed by atoms with E-state index in [1.807, 2.05) is 0 Å². The molecule has 0 aliphatic heterocycles. The second-order valence-corrected chi connectivity index (χ2v) is 4.26. The van der Waals surface area contributed by atoms with Crippen molar-refractivity contribution in [2.45, 2.75) is 26.3 Å². The first kappa shape index (κ1) is 13.8. The maximum absolute atomic E-state index is 12.4. The molecule has 5 nitrogen and oxygen atoms in total. The third-order valence-corrected chi connectivity index (χ3v) is 2.92. The highest BCUT2D eigenvalue weighted by Gasteiger charge is 2.11. The van der Waals surface area contributed by atoms with E-state index < -0.39 is 5.97 Å². The average molecular weight is 270 g/mol. The summed E-state index contributed by atoms with van der Waals surface area (Å²) in [5, 5.41) is 9.30. The van der Waals surface area contributed by atoms with Gasteiger partial charge in [-0.1, -0.05) is 18.1 Å². The quantitative estimate of drug-likeness (QED) is 0.853. The second-order valence-electron chi connectivity index (χ2n) is 4.26. The number of carbonyl (C=O) groups is 1. The molecule has 1 heterocycles. The summed E-state index contributed by atoms with van der Waals surface area (Å²) in [7, 11) is 0. The van der Waals surface area contributed by atoms with Crippen LogP contribution in [-0.4, -0.2) is 20.6 Å².